The van der Waals surface area contributed by atoms with Crippen molar-refractivity contribution in [1.29, 1.82) is 0 Å². The first-order valence-electron chi connectivity index (χ1n) is 8.61. The van der Waals surface area contributed by atoms with Crippen molar-refractivity contribution in [2.75, 3.05) is 6.54 Å². The Hall–Kier alpha value is -1.92. The Kier molecular flexibility index (Phi) is 9.16. The van der Waals surface area contributed by atoms with Gasteiger partial charge in [-0.3, -0.25) is 9.59 Å². The molecule has 4 N–H and O–H groups in total. The average molecular weight is 367 g/mol. The first-order valence-corrected chi connectivity index (χ1v) is 8.61. The van der Waals surface area contributed by atoms with Crippen molar-refractivity contribution >= 4 is 29.2 Å². The maximum atomic E-state index is 12.0. The van der Waals surface area contributed by atoms with Crippen LogP contribution in [0.5, 0.6) is 0 Å². The summed E-state index contributed by atoms with van der Waals surface area (Å²) in [4.78, 5) is 31.2. The van der Waals surface area contributed by atoms with E-state index in [0.717, 1.165) is 19.3 Å². The predicted octanol–water partition coefficient (Wildman–Crippen LogP) is 2.30. The Morgan fingerprint density at radius 3 is 2.80 bits per heavy atom. The van der Waals surface area contributed by atoms with E-state index in [2.05, 4.69) is 22.2 Å². The van der Waals surface area contributed by atoms with Crippen LogP contribution in [0.3, 0.4) is 0 Å². The molecule has 0 bridgehead atoms. The van der Waals surface area contributed by atoms with Crippen molar-refractivity contribution < 1.29 is 4.79 Å². The molecule has 0 fully saturated rings. The zero-order chi connectivity index (χ0) is 17.4. The second kappa shape index (κ2) is 10.8. The number of unbranched alkanes of at least 4 members (excludes halogenated alkanes) is 1. The third kappa shape index (κ3) is 6.48. The molecule has 1 aromatic heterocycles. The quantitative estimate of drug-likeness (QED) is 0.633. The van der Waals surface area contributed by atoms with E-state index >= 15 is 0 Å². The normalized spacial score (nSPS) is 11.8. The van der Waals surface area contributed by atoms with Crippen LogP contribution >= 0.6 is 12.4 Å². The summed E-state index contributed by atoms with van der Waals surface area (Å²) < 4.78 is 0. The van der Waals surface area contributed by atoms with Gasteiger partial charge in [0.25, 0.3) is 5.56 Å². The van der Waals surface area contributed by atoms with E-state index in [1.54, 1.807) is 6.07 Å². The SMILES string of the molecule is CCCCC(CN)NC(=O)CCCc1nc2ccccc2c(=O)[nH]1.Cl. The number of aromatic amines is 1. The van der Waals surface area contributed by atoms with Crippen LogP contribution in [-0.4, -0.2) is 28.5 Å². The number of nitrogens with zero attached hydrogens (tertiary/aromatic N) is 1. The number of aryl methyl sites for hydroxylation is 1. The number of nitrogens with one attached hydrogen (secondary N) is 2. The molecular formula is C18H27ClN4O2. The lowest BCUT2D eigenvalue weighted by Crippen LogP contribution is -2.40. The molecule has 25 heavy (non-hydrogen) atoms. The summed E-state index contributed by atoms with van der Waals surface area (Å²) in [5.41, 5.74) is 6.23. The number of fused-ring (bicyclic) bond motifs is 1. The lowest BCUT2D eigenvalue weighted by atomic mass is 10.1. The summed E-state index contributed by atoms with van der Waals surface area (Å²) in [6.07, 6.45) is 4.67. The molecule has 1 unspecified atom stereocenters. The van der Waals surface area contributed by atoms with Gasteiger partial charge in [0.1, 0.15) is 5.82 Å². The average Bonchev–Trinajstić information content (AvgIpc) is 2.58. The topological polar surface area (TPSA) is 101 Å². The van der Waals surface area contributed by atoms with Crippen LogP contribution in [0, 0.1) is 0 Å². The van der Waals surface area contributed by atoms with Crippen LogP contribution in [0.25, 0.3) is 10.9 Å². The molecule has 7 heteroatoms. The summed E-state index contributed by atoms with van der Waals surface area (Å²) in [7, 11) is 0. The minimum Gasteiger partial charge on any atom is -0.352 e. The molecule has 6 nitrogen and oxygen atoms in total. The van der Waals surface area contributed by atoms with Gasteiger partial charge in [0.05, 0.1) is 10.9 Å². The van der Waals surface area contributed by atoms with Crippen LogP contribution in [0.2, 0.25) is 0 Å². The van der Waals surface area contributed by atoms with Gasteiger partial charge in [-0.05, 0) is 25.0 Å². The molecule has 0 saturated carbocycles. The van der Waals surface area contributed by atoms with Crippen molar-refractivity contribution in [2.24, 2.45) is 5.73 Å². The minimum absolute atomic E-state index is 0. The number of halogens is 1. The van der Waals surface area contributed by atoms with E-state index in [1.165, 1.54) is 0 Å². The molecular weight excluding hydrogens is 340 g/mol. The number of carbonyl (C=O) groups excluding carboxylic acids is 1. The number of carbonyl (C=O) groups is 1. The summed E-state index contributed by atoms with van der Waals surface area (Å²) in [6, 6.07) is 7.29. The van der Waals surface area contributed by atoms with Crippen molar-refractivity contribution in [3.05, 3.63) is 40.4 Å². The number of rotatable bonds is 9. The molecule has 138 valence electrons. The molecule has 0 saturated heterocycles. The second-order valence-corrected chi connectivity index (χ2v) is 6.03. The van der Waals surface area contributed by atoms with Crippen molar-refractivity contribution in [1.82, 2.24) is 15.3 Å². The van der Waals surface area contributed by atoms with Crippen LogP contribution in [0.4, 0.5) is 0 Å². The first kappa shape index (κ1) is 21.1. The van der Waals surface area contributed by atoms with Gasteiger partial charge in [-0.1, -0.05) is 31.9 Å². The number of benzene rings is 1. The summed E-state index contributed by atoms with van der Waals surface area (Å²) in [5, 5.41) is 3.56. The second-order valence-electron chi connectivity index (χ2n) is 6.03. The number of aromatic nitrogens is 2. The molecule has 1 amide bonds. The largest absolute Gasteiger partial charge is 0.352 e. The van der Waals surface area contributed by atoms with E-state index in [-0.39, 0.29) is 29.9 Å². The molecule has 0 aliphatic heterocycles. The van der Waals surface area contributed by atoms with Gasteiger partial charge in [-0.25, -0.2) is 4.98 Å². The zero-order valence-corrected chi connectivity index (χ0v) is 15.4. The third-order valence-electron chi connectivity index (χ3n) is 4.04. The van der Waals surface area contributed by atoms with Gasteiger partial charge in [0.2, 0.25) is 5.91 Å². The van der Waals surface area contributed by atoms with Gasteiger partial charge in [0, 0.05) is 25.4 Å². The Balaban J connectivity index is 0.00000312. The van der Waals surface area contributed by atoms with Gasteiger partial charge in [-0.15, -0.1) is 12.4 Å². The summed E-state index contributed by atoms with van der Waals surface area (Å²) in [6.45, 7) is 2.58. The molecule has 1 aromatic carbocycles. The van der Waals surface area contributed by atoms with Crippen molar-refractivity contribution in [3.8, 4) is 0 Å². The number of hydrogen-bond donors (Lipinski definition) is 3. The van der Waals surface area contributed by atoms with Crippen molar-refractivity contribution in [2.45, 2.75) is 51.5 Å². The molecule has 0 aliphatic carbocycles. The lowest BCUT2D eigenvalue weighted by Gasteiger charge is -2.16. The van der Waals surface area contributed by atoms with Gasteiger partial charge in [-0.2, -0.15) is 0 Å². The fourth-order valence-corrected chi connectivity index (χ4v) is 2.67. The summed E-state index contributed by atoms with van der Waals surface area (Å²) >= 11 is 0. The highest BCUT2D eigenvalue weighted by Gasteiger charge is 2.10. The number of hydrogen-bond acceptors (Lipinski definition) is 4. The van der Waals surface area contributed by atoms with E-state index in [9.17, 15) is 9.59 Å². The first-order chi connectivity index (χ1) is 11.6. The maximum Gasteiger partial charge on any atom is 0.258 e. The molecule has 1 heterocycles. The van der Waals surface area contributed by atoms with E-state index < -0.39 is 0 Å². The summed E-state index contributed by atoms with van der Waals surface area (Å²) in [5.74, 6) is 0.623. The fraction of sp³-hybridized carbons (Fsp3) is 0.500. The van der Waals surface area contributed by atoms with E-state index in [4.69, 9.17) is 5.73 Å². The number of nitrogens with two attached hydrogens (primary N) is 1. The highest BCUT2D eigenvalue weighted by molar-refractivity contribution is 5.85. The van der Waals surface area contributed by atoms with Crippen LogP contribution in [-0.2, 0) is 11.2 Å². The Labute approximate surface area is 154 Å². The molecule has 0 spiro atoms. The van der Waals surface area contributed by atoms with E-state index in [0.29, 0.717) is 42.5 Å². The van der Waals surface area contributed by atoms with Crippen LogP contribution < -0.4 is 16.6 Å². The minimum atomic E-state index is -0.136. The van der Waals surface area contributed by atoms with Crippen LogP contribution in [0.15, 0.2) is 29.1 Å². The molecule has 1 atom stereocenters. The Bertz CT molecular complexity index is 732. The maximum absolute atomic E-state index is 12.0. The number of H-pyrrole nitrogens is 1. The molecule has 0 radical (unpaired) electrons. The van der Waals surface area contributed by atoms with Crippen LogP contribution in [0.1, 0.15) is 44.9 Å². The van der Waals surface area contributed by atoms with E-state index in [1.807, 2.05) is 18.2 Å². The van der Waals surface area contributed by atoms with Gasteiger partial charge >= 0.3 is 0 Å². The highest BCUT2D eigenvalue weighted by Crippen LogP contribution is 2.07. The molecule has 2 aromatic rings. The number of para-hydroxylation sites is 1. The smallest absolute Gasteiger partial charge is 0.258 e. The highest BCUT2D eigenvalue weighted by atomic mass is 35.5. The fourth-order valence-electron chi connectivity index (χ4n) is 2.67. The number of amides is 1. The standard InChI is InChI=1S/C18H26N4O2.ClH/c1-2-3-7-13(12-19)20-17(23)11-6-10-16-21-15-9-5-4-8-14(15)18(24)22-16;/h4-5,8-9,13H,2-3,6-7,10-12,19H2,1H3,(H,20,23)(H,21,22,24);1H. The van der Waals surface area contributed by atoms with Crippen molar-refractivity contribution in [3.63, 3.8) is 0 Å². The lowest BCUT2D eigenvalue weighted by molar-refractivity contribution is -0.121. The molecule has 0 aliphatic rings. The monoisotopic (exact) mass is 366 g/mol. The third-order valence-corrected chi connectivity index (χ3v) is 4.04. The molecule has 2 rings (SSSR count). The Morgan fingerprint density at radius 2 is 2.08 bits per heavy atom. The predicted molar refractivity (Wildman–Crippen MR) is 103 cm³/mol. The zero-order valence-electron chi connectivity index (χ0n) is 14.6. The Morgan fingerprint density at radius 1 is 1.32 bits per heavy atom. The van der Waals surface area contributed by atoms with Gasteiger partial charge in [0.15, 0.2) is 0 Å². The van der Waals surface area contributed by atoms with Gasteiger partial charge < -0.3 is 16.0 Å².